The molecular weight excluding hydrogens is 337 g/mol. The minimum absolute atomic E-state index is 0.191. The van der Waals surface area contributed by atoms with E-state index >= 15 is 0 Å². The van der Waals surface area contributed by atoms with Crippen molar-refractivity contribution in [2.45, 2.75) is 0 Å². The zero-order valence-corrected chi connectivity index (χ0v) is 12.2. The summed E-state index contributed by atoms with van der Waals surface area (Å²) in [4.78, 5) is 12.3. The summed E-state index contributed by atoms with van der Waals surface area (Å²) in [6, 6.07) is 9.95. The molecule has 0 aliphatic rings. The number of carbonyl (C=O) groups is 1. The third-order valence-electron chi connectivity index (χ3n) is 2.46. The molecule has 0 saturated heterocycles. The van der Waals surface area contributed by atoms with Crippen molar-refractivity contribution in [3.8, 4) is 0 Å². The van der Waals surface area contributed by atoms with Gasteiger partial charge in [-0.3, -0.25) is 4.79 Å². The van der Waals surface area contributed by atoms with Gasteiger partial charge in [0.05, 0.1) is 15.7 Å². The second kappa shape index (κ2) is 5.31. The number of benzene rings is 2. The van der Waals surface area contributed by atoms with Crippen LogP contribution in [0.4, 0.5) is 5.69 Å². The maximum Gasteiger partial charge on any atom is 0.194 e. The lowest BCUT2D eigenvalue weighted by molar-refractivity contribution is 0.103. The first-order valence-corrected chi connectivity index (χ1v) is 6.59. The fraction of sp³-hybridized carbons (Fsp3) is 0. The molecule has 0 spiro atoms. The molecule has 5 heteroatoms. The number of hydrogen-bond donors (Lipinski definition) is 1. The van der Waals surface area contributed by atoms with E-state index in [2.05, 4.69) is 15.9 Å². The Balaban J connectivity index is 2.48. The lowest BCUT2D eigenvalue weighted by Crippen LogP contribution is -2.03. The summed E-state index contributed by atoms with van der Waals surface area (Å²) in [6.07, 6.45) is 0. The Labute approximate surface area is 123 Å². The quantitative estimate of drug-likeness (QED) is 0.640. The summed E-state index contributed by atoms with van der Waals surface area (Å²) < 4.78 is 0.677. The van der Waals surface area contributed by atoms with Crippen LogP contribution in [0.5, 0.6) is 0 Å². The molecule has 2 aromatic rings. The van der Waals surface area contributed by atoms with Crippen LogP contribution in [-0.4, -0.2) is 5.78 Å². The minimum atomic E-state index is -0.191. The smallest absolute Gasteiger partial charge is 0.194 e. The van der Waals surface area contributed by atoms with Crippen LogP contribution in [0.1, 0.15) is 15.9 Å². The molecule has 18 heavy (non-hydrogen) atoms. The maximum absolute atomic E-state index is 12.3. The van der Waals surface area contributed by atoms with E-state index in [4.69, 9.17) is 28.9 Å². The molecule has 0 bridgehead atoms. The van der Waals surface area contributed by atoms with Gasteiger partial charge in [-0.1, -0.05) is 29.3 Å². The highest BCUT2D eigenvalue weighted by Crippen LogP contribution is 2.29. The van der Waals surface area contributed by atoms with E-state index in [-0.39, 0.29) is 5.78 Å². The Bertz CT molecular complexity index is 628. The van der Waals surface area contributed by atoms with E-state index in [0.29, 0.717) is 31.3 Å². The van der Waals surface area contributed by atoms with Gasteiger partial charge in [0, 0.05) is 15.6 Å². The first-order chi connectivity index (χ1) is 8.50. The summed E-state index contributed by atoms with van der Waals surface area (Å²) in [7, 11) is 0. The summed E-state index contributed by atoms with van der Waals surface area (Å²) >= 11 is 15.3. The van der Waals surface area contributed by atoms with Crippen molar-refractivity contribution in [3.05, 3.63) is 62.0 Å². The van der Waals surface area contributed by atoms with E-state index in [1.54, 1.807) is 30.3 Å². The Hall–Kier alpha value is -1.03. The zero-order chi connectivity index (χ0) is 13.3. The SMILES string of the molecule is Nc1ccc(C(=O)c2cccc(Br)c2Cl)cc1Cl. The average molecular weight is 345 g/mol. The molecule has 0 heterocycles. The molecule has 2 rings (SSSR count). The second-order valence-corrected chi connectivity index (χ2v) is 5.31. The number of halogens is 3. The Morgan fingerprint density at radius 1 is 1.17 bits per heavy atom. The number of anilines is 1. The Kier molecular flexibility index (Phi) is 3.95. The third-order valence-corrected chi connectivity index (χ3v) is 4.08. The predicted octanol–water partition coefficient (Wildman–Crippen LogP) is 4.57. The lowest BCUT2D eigenvalue weighted by atomic mass is 10.0. The van der Waals surface area contributed by atoms with Gasteiger partial charge in [-0.2, -0.15) is 0 Å². The van der Waals surface area contributed by atoms with Gasteiger partial charge >= 0.3 is 0 Å². The molecule has 0 fully saturated rings. The Morgan fingerprint density at radius 2 is 1.89 bits per heavy atom. The molecule has 0 aromatic heterocycles. The number of carbonyl (C=O) groups excluding carboxylic acids is 1. The van der Waals surface area contributed by atoms with Crippen LogP contribution in [0.25, 0.3) is 0 Å². The fourth-order valence-electron chi connectivity index (χ4n) is 1.50. The molecular formula is C13H8BrCl2NO. The molecule has 2 N–H and O–H groups in total. The first kappa shape index (κ1) is 13.4. The highest BCUT2D eigenvalue weighted by Gasteiger charge is 2.15. The third kappa shape index (κ3) is 2.53. The van der Waals surface area contributed by atoms with Crippen molar-refractivity contribution in [2.75, 3.05) is 5.73 Å². The van der Waals surface area contributed by atoms with Crippen LogP contribution in [0.3, 0.4) is 0 Å². The standard InChI is InChI=1S/C13H8BrCl2NO/c14-9-3-1-2-8(12(9)16)13(18)7-4-5-11(17)10(15)6-7/h1-6H,17H2. The molecule has 0 unspecified atom stereocenters. The molecule has 92 valence electrons. The van der Waals surface area contributed by atoms with Crippen molar-refractivity contribution in [1.29, 1.82) is 0 Å². The lowest BCUT2D eigenvalue weighted by Gasteiger charge is -2.06. The van der Waals surface area contributed by atoms with Crippen LogP contribution in [-0.2, 0) is 0 Å². The van der Waals surface area contributed by atoms with Gasteiger partial charge in [0.2, 0.25) is 0 Å². The number of hydrogen-bond acceptors (Lipinski definition) is 2. The summed E-state index contributed by atoms with van der Waals surface area (Å²) in [5.74, 6) is -0.191. The molecule has 0 saturated carbocycles. The predicted molar refractivity (Wildman–Crippen MR) is 78.4 cm³/mol. The molecule has 2 nitrogen and oxygen atoms in total. The normalized spacial score (nSPS) is 10.4. The number of nitrogens with two attached hydrogens (primary N) is 1. The zero-order valence-electron chi connectivity index (χ0n) is 9.08. The minimum Gasteiger partial charge on any atom is -0.398 e. The molecule has 2 aromatic carbocycles. The molecule has 0 aliphatic carbocycles. The van der Waals surface area contributed by atoms with Gasteiger partial charge in [0.1, 0.15) is 0 Å². The monoisotopic (exact) mass is 343 g/mol. The largest absolute Gasteiger partial charge is 0.398 e. The fourth-order valence-corrected chi connectivity index (χ4v) is 2.26. The number of ketones is 1. The van der Waals surface area contributed by atoms with Crippen molar-refractivity contribution < 1.29 is 4.79 Å². The van der Waals surface area contributed by atoms with Crippen molar-refractivity contribution >= 4 is 50.6 Å². The van der Waals surface area contributed by atoms with Crippen LogP contribution in [0.2, 0.25) is 10.0 Å². The molecule has 0 radical (unpaired) electrons. The summed E-state index contributed by atoms with van der Waals surface area (Å²) in [5, 5.41) is 0.738. The van der Waals surface area contributed by atoms with Gasteiger partial charge in [-0.05, 0) is 46.3 Å². The van der Waals surface area contributed by atoms with Gasteiger partial charge in [0.15, 0.2) is 5.78 Å². The van der Waals surface area contributed by atoms with Gasteiger partial charge in [-0.15, -0.1) is 0 Å². The molecule has 0 amide bonds. The van der Waals surface area contributed by atoms with E-state index in [1.807, 2.05) is 0 Å². The topological polar surface area (TPSA) is 43.1 Å². The first-order valence-electron chi connectivity index (χ1n) is 5.04. The van der Waals surface area contributed by atoms with Crippen molar-refractivity contribution in [3.63, 3.8) is 0 Å². The van der Waals surface area contributed by atoms with Crippen LogP contribution in [0.15, 0.2) is 40.9 Å². The average Bonchev–Trinajstić information content (AvgIpc) is 2.35. The Morgan fingerprint density at radius 3 is 2.56 bits per heavy atom. The number of nitrogen functional groups attached to an aromatic ring is 1. The number of rotatable bonds is 2. The van der Waals surface area contributed by atoms with Gasteiger partial charge in [-0.25, -0.2) is 0 Å². The van der Waals surface area contributed by atoms with Crippen molar-refractivity contribution in [2.24, 2.45) is 0 Å². The highest BCUT2D eigenvalue weighted by atomic mass is 79.9. The van der Waals surface area contributed by atoms with Crippen LogP contribution < -0.4 is 5.73 Å². The highest BCUT2D eigenvalue weighted by molar-refractivity contribution is 9.10. The van der Waals surface area contributed by atoms with Gasteiger partial charge in [0.25, 0.3) is 0 Å². The maximum atomic E-state index is 12.3. The van der Waals surface area contributed by atoms with Crippen LogP contribution in [0, 0.1) is 0 Å². The second-order valence-electron chi connectivity index (χ2n) is 3.67. The van der Waals surface area contributed by atoms with E-state index in [0.717, 1.165) is 0 Å². The molecule has 0 aliphatic heterocycles. The molecule has 0 atom stereocenters. The van der Waals surface area contributed by atoms with Crippen LogP contribution >= 0.6 is 39.1 Å². The summed E-state index contributed by atoms with van der Waals surface area (Å²) in [6.45, 7) is 0. The van der Waals surface area contributed by atoms with E-state index < -0.39 is 0 Å². The van der Waals surface area contributed by atoms with Crippen molar-refractivity contribution in [1.82, 2.24) is 0 Å². The van der Waals surface area contributed by atoms with E-state index in [9.17, 15) is 4.79 Å². The summed E-state index contributed by atoms with van der Waals surface area (Å²) in [5.41, 5.74) is 6.92. The van der Waals surface area contributed by atoms with Gasteiger partial charge < -0.3 is 5.73 Å². The van der Waals surface area contributed by atoms with E-state index in [1.165, 1.54) is 6.07 Å².